The third-order valence-corrected chi connectivity index (χ3v) is 7.45. The monoisotopic (exact) mass is 321 g/mol. The van der Waals surface area contributed by atoms with E-state index in [-0.39, 0.29) is 16.7 Å². The Labute approximate surface area is 139 Å². The maximum Gasteiger partial charge on any atom is 0.227 e. The van der Waals surface area contributed by atoms with Crippen molar-refractivity contribution in [2.45, 2.75) is 59.3 Å². The maximum absolute atomic E-state index is 13.0. The Balaban J connectivity index is 1.65. The number of carbonyl (C=O) groups is 1. The Morgan fingerprint density at radius 2 is 1.91 bits per heavy atom. The Bertz CT molecular complexity index is 510. The van der Waals surface area contributed by atoms with Gasteiger partial charge in [0, 0.05) is 24.9 Å². The average molecular weight is 321 g/mol. The van der Waals surface area contributed by atoms with Crippen LogP contribution < -0.4 is 5.32 Å². The minimum absolute atomic E-state index is 0.155. The number of likely N-dealkylation sites (tertiary alicyclic amines) is 1. The minimum atomic E-state index is -0.411. The molecular formula is C18H31N3O2. The summed E-state index contributed by atoms with van der Waals surface area (Å²) in [5.41, 5.74) is 0.0634. The second-order valence-electron chi connectivity index (χ2n) is 8.42. The van der Waals surface area contributed by atoms with Crippen molar-refractivity contribution in [3.63, 3.8) is 0 Å². The van der Waals surface area contributed by atoms with Gasteiger partial charge in [-0.05, 0) is 44.2 Å². The molecule has 2 atom stereocenters. The molecule has 130 valence electrons. The number of hydrogen-bond donors (Lipinski definition) is 2. The topological polar surface area (TPSA) is 64.9 Å². The first-order chi connectivity index (χ1) is 10.9. The summed E-state index contributed by atoms with van der Waals surface area (Å²) in [6, 6.07) is 0. The van der Waals surface area contributed by atoms with E-state index < -0.39 is 5.41 Å². The van der Waals surface area contributed by atoms with Gasteiger partial charge in [0.15, 0.2) is 0 Å². The molecule has 0 aromatic rings. The molecule has 0 aromatic carbocycles. The Morgan fingerprint density at radius 1 is 1.22 bits per heavy atom. The summed E-state index contributed by atoms with van der Waals surface area (Å²) in [4.78, 5) is 15.5. The van der Waals surface area contributed by atoms with Gasteiger partial charge in [0.05, 0.1) is 11.1 Å². The van der Waals surface area contributed by atoms with Crippen LogP contribution in [0.3, 0.4) is 0 Å². The zero-order chi connectivity index (χ0) is 16.7. The van der Waals surface area contributed by atoms with Crippen molar-refractivity contribution in [1.29, 1.82) is 0 Å². The van der Waals surface area contributed by atoms with Crippen LogP contribution in [0.5, 0.6) is 0 Å². The van der Waals surface area contributed by atoms with Crippen LogP contribution >= 0.6 is 0 Å². The molecule has 2 N–H and O–H groups in total. The summed E-state index contributed by atoms with van der Waals surface area (Å²) >= 11 is 0. The largest absolute Gasteiger partial charge is 0.411 e. The molecule has 0 aromatic heterocycles. The predicted molar refractivity (Wildman–Crippen MR) is 90.7 cm³/mol. The quantitative estimate of drug-likeness (QED) is 0.618. The first-order valence-corrected chi connectivity index (χ1v) is 9.09. The highest BCUT2D eigenvalue weighted by molar-refractivity contribution is 6.02. The number of oxime groups is 1. The van der Waals surface area contributed by atoms with Gasteiger partial charge in [-0.15, -0.1) is 0 Å². The van der Waals surface area contributed by atoms with Gasteiger partial charge in [0.2, 0.25) is 5.91 Å². The van der Waals surface area contributed by atoms with Crippen molar-refractivity contribution >= 4 is 11.6 Å². The van der Waals surface area contributed by atoms with Gasteiger partial charge in [-0.1, -0.05) is 32.3 Å². The van der Waals surface area contributed by atoms with Crippen LogP contribution in [-0.2, 0) is 4.79 Å². The third-order valence-electron chi connectivity index (χ3n) is 7.45. The minimum Gasteiger partial charge on any atom is -0.411 e. The SMILES string of the molecule is CC12CCC(C(=O)NCCN3CCCCC3)(C/C1=N\O)C2(C)C. The summed E-state index contributed by atoms with van der Waals surface area (Å²) in [6.45, 7) is 10.5. The van der Waals surface area contributed by atoms with Crippen molar-refractivity contribution in [2.75, 3.05) is 26.2 Å². The normalized spacial score (nSPS) is 38.1. The third kappa shape index (κ3) is 2.31. The standard InChI is InChI=1S/C18H31N3O2/c1-16(2)17(3)7-8-18(16,13-14(17)20-23)15(22)19-9-12-21-10-5-4-6-11-21/h23H,4-13H2,1-3H3,(H,19,22)/b20-14+. The fourth-order valence-corrected chi connectivity index (χ4v) is 5.21. The summed E-state index contributed by atoms with van der Waals surface area (Å²) in [5, 5.41) is 16.1. The van der Waals surface area contributed by atoms with Gasteiger partial charge >= 0.3 is 0 Å². The van der Waals surface area contributed by atoms with E-state index in [1.54, 1.807) is 0 Å². The van der Waals surface area contributed by atoms with E-state index >= 15 is 0 Å². The number of nitrogens with one attached hydrogen (secondary N) is 1. The van der Waals surface area contributed by atoms with E-state index in [9.17, 15) is 10.0 Å². The van der Waals surface area contributed by atoms with Crippen LogP contribution in [0.4, 0.5) is 0 Å². The van der Waals surface area contributed by atoms with E-state index in [0.29, 0.717) is 6.42 Å². The lowest BCUT2D eigenvalue weighted by Gasteiger charge is -2.39. The van der Waals surface area contributed by atoms with Gasteiger partial charge in [-0.2, -0.15) is 0 Å². The molecule has 0 spiro atoms. The van der Waals surface area contributed by atoms with E-state index in [2.05, 4.69) is 36.1 Å². The Morgan fingerprint density at radius 3 is 2.52 bits per heavy atom. The lowest BCUT2D eigenvalue weighted by Crippen LogP contribution is -2.48. The van der Waals surface area contributed by atoms with Crippen molar-refractivity contribution in [3.05, 3.63) is 0 Å². The van der Waals surface area contributed by atoms with Crippen LogP contribution in [0.2, 0.25) is 0 Å². The van der Waals surface area contributed by atoms with Crippen LogP contribution in [0, 0.1) is 16.2 Å². The molecule has 3 fully saturated rings. The van der Waals surface area contributed by atoms with Crippen LogP contribution in [0.1, 0.15) is 59.3 Å². The van der Waals surface area contributed by atoms with Crippen LogP contribution in [0.25, 0.3) is 0 Å². The number of fused-ring (bicyclic) bond motifs is 2. The number of rotatable bonds is 4. The molecule has 2 bridgehead atoms. The first-order valence-electron chi connectivity index (χ1n) is 9.09. The van der Waals surface area contributed by atoms with Gasteiger partial charge in [0.25, 0.3) is 0 Å². The average Bonchev–Trinajstić information content (AvgIpc) is 2.85. The Hall–Kier alpha value is -1.10. The van der Waals surface area contributed by atoms with Gasteiger partial charge < -0.3 is 15.4 Å². The summed E-state index contributed by atoms with van der Waals surface area (Å²) in [5.74, 6) is 0.155. The van der Waals surface area contributed by atoms with E-state index in [4.69, 9.17) is 0 Å². The van der Waals surface area contributed by atoms with Gasteiger partial charge in [-0.3, -0.25) is 4.79 Å². The summed E-state index contributed by atoms with van der Waals surface area (Å²) < 4.78 is 0. The molecule has 1 aliphatic heterocycles. The number of piperidine rings is 1. The highest BCUT2D eigenvalue weighted by Gasteiger charge is 2.71. The number of hydrogen-bond acceptors (Lipinski definition) is 4. The zero-order valence-electron chi connectivity index (χ0n) is 14.8. The van der Waals surface area contributed by atoms with Crippen molar-refractivity contribution in [1.82, 2.24) is 10.2 Å². The fraction of sp³-hybridized carbons (Fsp3) is 0.889. The smallest absolute Gasteiger partial charge is 0.227 e. The van der Waals surface area contributed by atoms with Gasteiger partial charge in [0.1, 0.15) is 0 Å². The fourth-order valence-electron chi connectivity index (χ4n) is 5.21. The molecule has 5 nitrogen and oxygen atoms in total. The number of carbonyl (C=O) groups excluding carboxylic acids is 1. The summed E-state index contributed by atoms with van der Waals surface area (Å²) in [6.07, 6.45) is 6.31. The molecule has 3 rings (SSSR count). The van der Waals surface area contributed by atoms with Crippen molar-refractivity contribution in [3.8, 4) is 0 Å². The second kappa shape index (κ2) is 5.76. The highest BCUT2D eigenvalue weighted by atomic mass is 16.4. The molecule has 1 amide bonds. The molecule has 1 saturated heterocycles. The number of nitrogens with zero attached hydrogens (tertiary/aromatic N) is 2. The molecule has 0 radical (unpaired) electrons. The van der Waals surface area contributed by atoms with Crippen LogP contribution in [0.15, 0.2) is 5.16 Å². The maximum atomic E-state index is 13.0. The van der Waals surface area contributed by atoms with Crippen molar-refractivity contribution in [2.24, 2.45) is 21.4 Å². The molecule has 5 heteroatoms. The van der Waals surface area contributed by atoms with E-state index in [1.807, 2.05) is 0 Å². The lowest BCUT2D eigenvalue weighted by atomic mass is 9.64. The predicted octanol–water partition coefficient (Wildman–Crippen LogP) is 2.64. The number of amides is 1. The molecule has 2 unspecified atom stereocenters. The molecule has 2 saturated carbocycles. The molecule has 23 heavy (non-hydrogen) atoms. The Kier molecular flexibility index (Phi) is 4.20. The van der Waals surface area contributed by atoms with Gasteiger partial charge in [-0.25, -0.2) is 0 Å². The molecular weight excluding hydrogens is 290 g/mol. The zero-order valence-corrected chi connectivity index (χ0v) is 14.8. The second-order valence-corrected chi connectivity index (χ2v) is 8.42. The van der Waals surface area contributed by atoms with E-state index in [0.717, 1.165) is 44.7 Å². The van der Waals surface area contributed by atoms with Crippen LogP contribution in [-0.4, -0.2) is 47.9 Å². The van der Waals surface area contributed by atoms with Crippen molar-refractivity contribution < 1.29 is 10.0 Å². The highest BCUT2D eigenvalue weighted by Crippen LogP contribution is 2.70. The van der Waals surface area contributed by atoms with E-state index in [1.165, 1.54) is 19.3 Å². The molecule has 2 aliphatic carbocycles. The molecule has 1 heterocycles. The lowest BCUT2D eigenvalue weighted by molar-refractivity contribution is -0.136. The summed E-state index contributed by atoms with van der Waals surface area (Å²) in [7, 11) is 0. The molecule has 3 aliphatic rings. The first kappa shape index (κ1) is 16.7.